The topological polar surface area (TPSA) is 27.7 Å². The van der Waals surface area contributed by atoms with Crippen LogP contribution >= 0.6 is 0 Å². The number of hydrogen-bond acceptors (Lipinski definition) is 4. The fraction of sp³-hybridized carbons (Fsp3) is 1.00. The molecule has 0 aromatic carbocycles. The van der Waals surface area contributed by atoms with Gasteiger partial charge >= 0.3 is 0 Å². The average Bonchev–Trinajstić information content (AvgIpc) is 2.23. The van der Waals surface area contributed by atoms with Crippen molar-refractivity contribution in [1.82, 2.24) is 15.1 Å². The Morgan fingerprint density at radius 3 is 2.33 bits per heavy atom. The third-order valence-corrected chi connectivity index (χ3v) is 4.19. The summed E-state index contributed by atoms with van der Waals surface area (Å²) in [6.07, 6.45) is 4.04. The van der Waals surface area contributed by atoms with E-state index in [1.807, 2.05) is 0 Å². The van der Waals surface area contributed by atoms with Crippen LogP contribution in [0.5, 0.6) is 0 Å². The van der Waals surface area contributed by atoms with Gasteiger partial charge < -0.3 is 19.9 Å². The highest BCUT2D eigenvalue weighted by atomic mass is 16.5. The monoisotopic (exact) mass is 257 g/mol. The molecule has 0 aromatic rings. The second-order valence-electron chi connectivity index (χ2n) is 5.88. The Labute approximate surface area is 113 Å². The van der Waals surface area contributed by atoms with Crippen molar-refractivity contribution < 1.29 is 4.74 Å². The number of rotatable bonds is 9. The second kappa shape index (κ2) is 7.43. The van der Waals surface area contributed by atoms with E-state index < -0.39 is 0 Å². The molecule has 1 N–H and O–H groups in total. The number of nitrogens with zero attached hydrogens (tertiary/aromatic N) is 2. The van der Waals surface area contributed by atoms with Gasteiger partial charge in [0, 0.05) is 31.8 Å². The first kappa shape index (κ1) is 15.9. The highest BCUT2D eigenvalue weighted by Gasteiger charge is 2.39. The van der Waals surface area contributed by atoms with Gasteiger partial charge in [0.15, 0.2) is 0 Å². The number of likely N-dealkylation sites (N-methyl/N-ethyl adjacent to an activating group) is 3. The average molecular weight is 257 g/mol. The number of ether oxygens (including phenoxy) is 1. The van der Waals surface area contributed by atoms with E-state index in [-0.39, 0.29) is 0 Å². The minimum Gasteiger partial charge on any atom is -0.383 e. The molecule has 0 aromatic heterocycles. The molecule has 18 heavy (non-hydrogen) atoms. The highest BCUT2D eigenvalue weighted by Crippen LogP contribution is 2.36. The first-order valence-corrected chi connectivity index (χ1v) is 7.12. The van der Waals surface area contributed by atoms with E-state index in [0.717, 1.165) is 26.2 Å². The van der Waals surface area contributed by atoms with Gasteiger partial charge in [-0.2, -0.15) is 0 Å². The van der Waals surface area contributed by atoms with Crippen LogP contribution in [0.15, 0.2) is 0 Å². The van der Waals surface area contributed by atoms with Gasteiger partial charge in [-0.1, -0.05) is 6.92 Å². The van der Waals surface area contributed by atoms with Crippen LogP contribution in [0.2, 0.25) is 0 Å². The normalized spacial score (nSPS) is 20.2. The molecule has 1 saturated carbocycles. The highest BCUT2D eigenvalue weighted by molar-refractivity contribution is 4.98. The summed E-state index contributed by atoms with van der Waals surface area (Å²) in [5.41, 5.74) is 0.415. The van der Waals surface area contributed by atoms with Gasteiger partial charge in [-0.3, -0.25) is 0 Å². The molecule has 1 rings (SSSR count). The van der Waals surface area contributed by atoms with Crippen molar-refractivity contribution in [3.63, 3.8) is 0 Å². The van der Waals surface area contributed by atoms with Crippen LogP contribution in [-0.4, -0.2) is 75.9 Å². The molecule has 108 valence electrons. The molecule has 0 spiro atoms. The van der Waals surface area contributed by atoms with Crippen LogP contribution in [0, 0.1) is 0 Å². The standard InChI is InChI=1S/C14H31N3O/c1-6-15-13(11-18-5)10-17(4)12-14(16(2)3)8-7-9-14/h13,15H,6-12H2,1-5H3. The molecule has 1 atom stereocenters. The zero-order chi connectivity index (χ0) is 13.6. The molecule has 1 unspecified atom stereocenters. The molecule has 0 saturated heterocycles. The quantitative estimate of drug-likeness (QED) is 0.668. The van der Waals surface area contributed by atoms with Gasteiger partial charge in [0.25, 0.3) is 0 Å². The lowest BCUT2D eigenvalue weighted by Crippen LogP contribution is -2.58. The molecule has 0 heterocycles. The van der Waals surface area contributed by atoms with Crippen LogP contribution in [-0.2, 0) is 4.74 Å². The van der Waals surface area contributed by atoms with E-state index >= 15 is 0 Å². The fourth-order valence-electron chi connectivity index (χ4n) is 2.94. The minimum atomic E-state index is 0.415. The summed E-state index contributed by atoms with van der Waals surface area (Å²) in [5.74, 6) is 0. The van der Waals surface area contributed by atoms with Crippen LogP contribution in [0.25, 0.3) is 0 Å². The molecule has 1 aliphatic rings. The molecule has 4 nitrogen and oxygen atoms in total. The Bertz CT molecular complexity index is 223. The SMILES string of the molecule is CCNC(COC)CN(C)CC1(N(C)C)CCC1. The van der Waals surface area contributed by atoms with E-state index in [1.54, 1.807) is 7.11 Å². The molecular weight excluding hydrogens is 226 g/mol. The maximum atomic E-state index is 5.28. The first-order chi connectivity index (χ1) is 8.54. The zero-order valence-corrected chi connectivity index (χ0v) is 12.8. The second-order valence-corrected chi connectivity index (χ2v) is 5.88. The van der Waals surface area contributed by atoms with Gasteiger partial charge in [-0.05, 0) is 47.0 Å². The predicted octanol–water partition coefficient (Wildman–Crippen LogP) is 1.03. The molecule has 0 aliphatic heterocycles. The summed E-state index contributed by atoms with van der Waals surface area (Å²) in [7, 11) is 8.43. The molecule has 1 aliphatic carbocycles. The van der Waals surface area contributed by atoms with Crippen LogP contribution < -0.4 is 5.32 Å². The van der Waals surface area contributed by atoms with Gasteiger partial charge in [0.1, 0.15) is 0 Å². The Kier molecular flexibility index (Phi) is 6.57. The predicted molar refractivity (Wildman–Crippen MR) is 77.1 cm³/mol. The Morgan fingerprint density at radius 1 is 1.28 bits per heavy atom. The lowest BCUT2D eigenvalue weighted by atomic mass is 9.75. The molecule has 4 heteroatoms. The smallest absolute Gasteiger partial charge is 0.0628 e. The molecule has 0 bridgehead atoms. The van der Waals surface area contributed by atoms with Crippen molar-refractivity contribution in [3.8, 4) is 0 Å². The Balaban J connectivity index is 2.41. The lowest BCUT2D eigenvalue weighted by Gasteiger charge is -2.49. The largest absolute Gasteiger partial charge is 0.383 e. The van der Waals surface area contributed by atoms with Crippen molar-refractivity contribution >= 4 is 0 Å². The summed E-state index contributed by atoms with van der Waals surface area (Å²) in [5, 5.41) is 3.49. The molecule has 0 radical (unpaired) electrons. The summed E-state index contributed by atoms with van der Waals surface area (Å²) in [4.78, 5) is 4.86. The fourth-order valence-corrected chi connectivity index (χ4v) is 2.94. The molecule has 1 fully saturated rings. The maximum Gasteiger partial charge on any atom is 0.0628 e. The van der Waals surface area contributed by atoms with Gasteiger partial charge in [-0.15, -0.1) is 0 Å². The zero-order valence-electron chi connectivity index (χ0n) is 12.8. The van der Waals surface area contributed by atoms with Crippen molar-refractivity contribution in [3.05, 3.63) is 0 Å². The van der Waals surface area contributed by atoms with Crippen LogP contribution in [0.1, 0.15) is 26.2 Å². The van der Waals surface area contributed by atoms with Crippen molar-refractivity contribution in [2.75, 3.05) is 54.5 Å². The third kappa shape index (κ3) is 4.19. The third-order valence-electron chi connectivity index (χ3n) is 4.19. The van der Waals surface area contributed by atoms with E-state index in [9.17, 15) is 0 Å². The Morgan fingerprint density at radius 2 is 1.94 bits per heavy atom. The van der Waals surface area contributed by atoms with Crippen LogP contribution in [0.4, 0.5) is 0 Å². The van der Waals surface area contributed by atoms with E-state index in [0.29, 0.717) is 11.6 Å². The summed E-state index contributed by atoms with van der Waals surface area (Å²) < 4.78 is 5.28. The van der Waals surface area contributed by atoms with Gasteiger partial charge in [-0.25, -0.2) is 0 Å². The van der Waals surface area contributed by atoms with E-state index in [4.69, 9.17) is 4.74 Å². The summed E-state index contributed by atoms with van der Waals surface area (Å²) >= 11 is 0. The molecular formula is C14H31N3O. The number of nitrogens with one attached hydrogen (secondary N) is 1. The van der Waals surface area contributed by atoms with Crippen molar-refractivity contribution in [2.24, 2.45) is 0 Å². The van der Waals surface area contributed by atoms with Crippen LogP contribution in [0.3, 0.4) is 0 Å². The number of methoxy groups -OCH3 is 1. The van der Waals surface area contributed by atoms with E-state index in [2.05, 4.69) is 43.2 Å². The summed E-state index contributed by atoms with van der Waals surface area (Å²) in [6, 6.07) is 0.435. The summed E-state index contributed by atoms with van der Waals surface area (Å²) in [6.45, 7) is 6.15. The first-order valence-electron chi connectivity index (χ1n) is 7.12. The number of hydrogen-bond donors (Lipinski definition) is 1. The lowest BCUT2D eigenvalue weighted by molar-refractivity contribution is 0.0226. The molecule has 0 amide bonds. The maximum absolute atomic E-state index is 5.28. The van der Waals surface area contributed by atoms with Crippen molar-refractivity contribution in [1.29, 1.82) is 0 Å². The van der Waals surface area contributed by atoms with E-state index in [1.165, 1.54) is 19.3 Å². The van der Waals surface area contributed by atoms with Crippen molar-refractivity contribution in [2.45, 2.75) is 37.8 Å². The minimum absolute atomic E-state index is 0.415. The van der Waals surface area contributed by atoms with Gasteiger partial charge in [0.2, 0.25) is 0 Å². The Hall–Kier alpha value is -0.160. The van der Waals surface area contributed by atoms with Gasteiger partial charge in [0.05, 0.1) is 6.61 Å².